The van der Waals surface area contributed by atoms with Gasteiger partial charge in [0.15, 0.2) is 0 Å². The lowest BCUT2D eigenvalue weighted by Gasteiger charge is -2.33. The Morgan fingerprint density at radius 2 is 1.61 bits per heavy atom. The van der Waals surface area contributed by atoms with Gasteiger partial charge in [0.2, 0.25) is 10.0 Å². The van der Waals surface area contributed by atoms with Crippen LogP contribution in [0.25, 0.3) is 5.69 Å². The largest absolute Gasteiger partial charge is 0.322 e. The van der Waals surface area contributed by atoms with E-state index in [1.54, 1.807) is 36.4 Å². The number of hydrogen-bond acceptors (Lipinski definition) is 5. The molecular formula is C24H29N5O3S. The van der Waals surface area contributed by atoms with Crippen LogP contribution in [0, 0.1) is 13.8 Å². The molecule has 0 saturated carbocycles. The van der Waals surface area contributed by atoms with Crippen LogP contribution in [0.2, 0.25) is 0 Å². The zero-order chi connectivity index (χ0) is 23.6. The maximum absolute atomic E-state index is 12.9. The number of anilines is 1. The standard InChI is InChI=1S/C24H29N5O3S/c1-4-27-13-15-28(16-14-27)33(31,32)23-11-7-21(8-12-23)25-24(30)20-5-9-22(10-6-20)29-19(3)17-18(2)26-29/h5-12,17H,4,13-16H2,1-3H3,(H,25,30). The molecule has 2 aromatic carbocycles. The third kappa shape index (κ3) is 5.00. The number of amides is 1. The van der Waals surface area contributed by atoms with E-state index >= 15 is 0 Å². The number of nitrogens with zero attached hydrogens (tertiary/aromatic N) is 4. The molecule has 2 heterocycles. The molecular weight excluding hydrogens is 438 g/mol. The van der Waals surface area contributed by atoms with Crippen molar-refractivity contribution in [2.45, 2.75) is 25.7 Å². The van der Waals surface area contributed by atoms with E-state index in [1.165, 1.54) is 4.31 Å². The molecule has 0 radical (unpaired) electrons. The molecule has 1 saturated heterocycles. The van der Waals surface area contributed by atoms with Crippen molar-refractivity contribution in [3.63, 3.8) is 0 Å². The lowest BCUT2D eigenvalue weighted by molar-refractivity contribution is 0.102. The molecule has 174 valence electrons. The minimum Gasteiger partial charge on any atom is -0.322 e. The van der Waals surface area contributed by atoms with Gasteiger partial charge in [-0.05, 0) is 75.0 Å². The Labute approximate surface area is 194 Å². The number of sulfonamides is 1. The zero-order valence-corrected chi connectivity index (χ0v) is 20.0. The van der Waals surface area contributed by atoms with Gasteiger partial charge < -0.3 is 10.2 Å². The molecule has 1 amide bonds. The fourth-order valence-corrected chi connectivity index (χ4v) is 5.42. The number of piperazine rings is 1. The average molecular weight is 468 g/mol. The second-order valence-electron chi connectivity index (χ2n) is 8.20. The number of likely N-dealkylation sites (N-methyl/N-ethyl adjacent to an activating group) is 1. The van der Waals surface area contributed by atoms with Crippen LogP contribution in [0.4, 0.5) is 5.69 Å². The number of aromatic nitrogens is 2. The summed E-state index contributed by atoms with van der Waals surface area (Å²) in [5.41, 5.74) is 3.88. The second-order valence-corrected chi connectivity index (χ2v) is 10.1. The predicted molar refractivity (Wildman–Crippen MR) is 128 cm³/mol. The Balaban J connectivity index is 1.41. The number of aryl methyl sites for hydroxylation is 2. The summed E-state index contributed by atoms with van der Waals surface area (Å²) in [6, 6.07) is 15.5. The Hall–Kier alpha value is -3.01. The smallest absolute Gasteiger partial charge is 0.255 e. The minimum atomic E-state index is -3.54. The summed E-state index contributed by atoms with van der Waals surface area (Å²) in [6.07, 6.45) is 0. The van der Waals surface area contributed by atoms with Crippen molar-refractivity contribution in [3.05, 3.63) is 71.5 Å². The highest BCUT2D eigenvalue weighted by Crippen LogP contribution is 2.21. The molecule has 1 aliphatic heterocycles. The summed E-state index contributed by atoms with van der Waals surface area (Å²) in [6.45, 7) is 9.37. The normalized spacial score (nSPS) is 15.5. The number of carbonyl (C=O) groups is 1. The van der Waals surface area contributed by atoms with E-state index in [-0.39, 0.29) is 10.8 Å². The molecule has 0 unspecified atom stereocenters. The van der Waals surface area contributed by atoms with E-state index in [2.05, 4.69) is 22.2 Å². The van der Waals surface area contributed by atoms with Gasteiger partial charge in [-0.25, -0.2) is 13.1 Å². The highest BCUT2D eigenvalue weighted by Gasteiger charge is 2.27. The SMILES string of the molecule is CCN1CCN(S(=O)(=O)c2ccc(NC(=O)c3ccc(-n4nc(C)cc4C)cc3)cc2)CC1. The lowest BCUT2D eigenvalue weighted by atomic mass is 10.2. The summed E-state index contributed by atoms with van der Waals surface area (Å²) >= 11 is 0. The minimum absolute atomic E-state index is 0.236. The number of benzene rings is 2. The van der Waals surface area contributed by atoms with Crippen molar-refractivity contribution in [2.24, 2.45) is 0 Å². The first-order chi connectivity index (χ1) is 15.8. The second kappa shape index (κ2) is 9.46. The average Bonchev–Trinajstić information content (AvgIpc) is 3.17. The Morgan fingerprint density at radius 3 is 2.15 bits per heavy atom. The number of rotatable bonds is 6. The first kappa shape index (κ1) is 23.2. The summed E-state index contributed by atoms with van der Waals surface area (Å²) < 4.78 is 29.2. The maximum atomic E-state index is 12.9. The van der Waals surface area contributed by atoms with Gasteiger partial charge in [0, 0.05) is 43.1 Å². The third-order valence-corrected chi connectivity index (χ3v) is 7.82. The molecule has 0 spiro atoms. The molecule has 1 aliphatic rings. The van der Waals surface area contributed by atoms with Crippen molar-refractivity contribution < 1.29 is 13.2 Å². The van der Waals surface area contributed by atoms with Crippen LogP contribution in [0.1, 0.15) is 28.7 Å². The molecule has 1 N–H and O–H groups in total. The lowest BCUT2D eigenvalue weighted by Crippen LogP contribution is -2.48. The van der Waals surface area contributed by atoms with Gasteiger partial charge in [0.25, 0.3) is 5.91 Å². The fourth-order valence-electron chi connectivity index (χ4n) is 3.99. The molecule has 0 atom stereocenters. The topological polar surface area (TPSA) is 87.5 Å². The Kier molecular flexibility index (Phi) is 6.64. The van der Waals surface area contributed by atoms with Gasteiger partial charge in [-0.15, -0.1) is 0 Å². The first-order valence-electron chi connectivity index (χ1n) is 11.1. The van der Waals surface area contributed by atoms with Crippen LogP contribution in [0.5, 0.6) is 0 Å². The van der Waals surface area contributed by atoms with Crippen molar-refractivity contribution >= 4 is 21.6 Å². The third-order valence-electron chi connectivity index (χ3n) is 5.91. The van der Waals surface area contributed by atoms with Gasteiger partial charge in [-0.1, -0.05) is 6.92 Å². The van der Waals surface area contributed by atoms with Crippen molar-refractivity contribution in [2.75, 3.05) is 38.0 Å². The van der Waals surface area contributed by atoms with E-state index in [9.17, 15) is 13.2 Å². The summed E-state index contributed by atoms with van der Waals surface area (Å²) in [7, 11) is -3.54. The van der Waals surface area contributed by atoms with E-state index in [0.29, 0.717) is 24.3 Å². The van der Waals surface area contributed by atoms with Crippen molar-refractivity contribution in [1.29, 1.82) is 0 Å². The Bertz CT molecular complexity index is 1230. The van der Waals surface area contributed by atoms with E-state index < -0.39 is 10.0 Å². The van der Waals surface area contributed by atoms with Crippen LogP contribution in [-0.4, -0.2) is 66.0 Å². The molecule has 9 heteroatoms. The van der Waals surface area contributed by atoms with E-state index in [4.69, 9.17) is 0 Å². The van der Waals surface area contributed by atoms with Crippen molar-refractivity contribution in [3.8, 4) is 5.69 Å². The van der Waals surface area contributed by atoms with E-state index in [0.717, 1.165) is 36.7 Å². The van der Waals surface area contributed by atoms with Crippen LogP contribution in [0.15, 0.2) is 59.5 Å². The highest BCUT2D eigenvalue weighted by molar-refractivity contribution is 7.89. The fraction of sp³-hybridized carbons (Fsp3) is 0.333. The number of hydrogen-bond donors (Lipinski definition) is 1. The zero-order valence-electron chi connectivity index (χ0n) is 19.2. The number of carbonyl (C=O) groups excluding carboxylic acids is 1. The Morgan fingerprint density at radius 1 is 0.970 bits per heavy atom. The molecule has 4 rings (SSSR count). The monoisotopic (exact) mass is 467 g/mol. The predicted octanol–water partition coefficient (Wildman–Crippen LogP) is 3.07. The highest BCUT2D eigenvalue weighted by atomic mass is 32.2. The molecule has 0 bridgehead atoms. The van der Waals surface area contributed by atoms with Gasteiger partial charge in [0.1, 0.15) is 0 Å². The molecule has 1 aromatic heterocycles. The molecule has 3 aromatic rings. The van der Waals surface area contributed by atoms with Gasteiger partial charge in [-0.3, -0.25) is 4.79 Å². The quantitative estimate of drug-likeness (QED) is 0.602. The maximum Gasteiger partial charge on any atom is 0.255 e. The summed E-state index contributed by atoms with van der Waals surface area (Å²) in [5.74, 6) is -0.263. The summed E-state index contributed by atoms with van der Waals surface area (Å²) in [4.78, 5) is 15.1. The van der Waals surface area contributed by atoms with E-state index in [1.807, 2.05) is 36.7 Å². The number of nitrogens with one attached hydrogen (secondary N) is 1. The molecule has 1 fully saturated rings. The van der Waals surface area contributed by atoms with Gasteiger partial charge >= 0.3 is 0 Å². The van der Waals surface area contributed by atoms with Crippen LogP contribution in [-0.2, 0) is 10.0 Å². The van der Waals surface area contributed by atoms with Crippen LogP contribution in [0.3, 0.4) is 0 Å². The molecule has 0 aliphatic carbocycles. The van der Waals surface area contributed by atoms with Gasteiger partial charge in [0.05, 0.1) is 16.3 Å². The summed E-state index contributed by atoms with van der Waals surface area (Å²) in [5, 5.41) is 7.28. The van der Waals surface area contributed by atoms with Gasteiger partial charge in [-0.2, -0.15) is 9.40 Å². The van der Waals surface area contributed by atoms with Crippen LogP contribution >= 0.6 is 0 Å². The molecule has 33 heavy (non-hydrogen) atoms. The van der Waals surface area contributed by atoms with Crippen LogP contribution < -0.4 is 5.32 Å². The molecule has 8 nitrogen and oxygen atoms in total. The first-order valence-corrected chi connectivity index (χ1v) is 12.5. The van der Waals surface area contributed by atoms with Crippen molar-refractivity contribution in [1.82, 2.24) is 19.0 Å².